The van der Waals surface area contributed by atoms with Crippen LogP contribution in [0.5, 0.6) is 0 Å². The highest BCUT2D eigenvalue weighted by Gasteiger charge is 2.19. The van der Waals surface area contributed by atoms with Gasteiger partial charge in [0, 0.05) is 56.4 Å². The molecule has 2 heterocycles. The van der Waals surface area contributed by atoms with Crippen molar-refractivity contribution in [2.24, 2.45) is 0 Å². The van der Waals surface area contributed by atoms with Gasteiger partial charge in [-0.05, 0) is 103 Å². The predicted octanol–water partition coefficient (Wildman–Crippen LogP) is 12.1. The Morgan fingerprint density at radius 3 is 0.833 bits per heavy atom. The molecule has 8 heteroatoms. The fourth-order valence-corrected chi connectivity index (χ4v) is 6.46. The molecule has 0 bridgehead atoms. The summed E-state index contributed by atoms with van der Waals surface area (Å²) < 4.78 is 12.5. The molecule has 9 rings (SSSR count). The molecule has 8 nitrogen and oxygen atoms in total. The molecule has 0 unspecified atom stereocenters. The van der Waals surface area contributed by atoms with Crippen molar-refractivity contribution in [2.45, 2.75) is 0 Å². The Kier molecular flexibility index (Phi) is 8.73. The summed E-state index contributed by atoms with van der Waals surface area (Å²) in [5.41, 5.74) is 9.20. The van der Waals surface area contributed by atoms with Crippen LogP contribution in [0.25, 0.3) is 45.8 Å². The average molecular weight is 701 g/mol. The van der Waals surface area contributed by atoms with Crippen molar-refractivity contribution in [3.63, 3.8) is 0 Å². The van der Waals surface area contributed by atoms with Crippen LogP contribution in [-0.2, 0) is 0 Å². The van der Waals surface area contributed by atoms with E-state index in [1.807, 2.05) is 121 Å². The van der Waals surface area contributed by atoms with Crippen molar-refractivity contribution in [3.8, 4) is 45.8 Å². The minimum Gasteiger partial charge on any atom is -0.416 e. The summed E-state index contributed by atoms with van der Waals surface area (Å²) in [6.07, 6.45) is 0. The SMILES string of the molecule is c1ccc(N(c2ccccc2)c2cccc(-c3nnc(-c4cccc(-c5nnc(-c6cccc(N(c7ccccc7)c7ccccc7)c6)o5)c4)o3)c2)cc1. The second kappa shape index (κ2) is 14.6. The lowest BCUT2D eigenvalue weighted by Crippen LogP contribution is -2.09. The van der Waals surface area contributed by atoms with Crippen LogP contribution in [0.15, 0.2) is 203 Å². The summed E-state index contributed by atoms with van der Waals surface area (Å²) in [7, 11) is 0. The Labute approximate surface area is 312 Å². The zero-order valence-corrected chi connectivity index (χ0v) is 29.0. The Bertz CT molecular complexity index is 2370. The fraction of sp³-hybridized carbons (Fsp3) is 0. The predicted molar refractivity (Wildman–Crippen MR) is 213 cm³/mol. The number of hydrogen-bond donors (Lipinski definition) is 0. The van der Waals surface area contributed by atoms with Gasteiger partial charge in [0.15, 0.2) is 0 Å². The first-order valence-electron chi connectivity index (χ1n) is 17.6. The van der Waals surface area contributed by atoms with Crippen molar-refractivity contribution < 1.29 is 8.83 Å². The number of hydrogen-bond acceptors (Lipinski definition) is 8. The molecule has 0 aliphatic rings. The normalized spacial score (nSPS) is 11.0. The highest BCUT2D eigenvalue weighted by molar-refractivity contribution is 5.80. The lowest BCUT2D eigenvalue weighted by Gasteiger charge is -2.25. The van der Waals surface area contributed by atoms with Crippen LogP contribution in [0.2, 0.25) is 0 Å². The summed E-state index contributed by atoms with van der Waals surface area (Å²) in [6.45, 7) is 0. The van der Waals surface area contributed by atoms with Gasteiger partial charge < -0.3 is 18.6 Å². The average Bonchev–Trinajstić information content (AvgIpc) is 3.95. The third-order valence-corrected chi connectivity index (χ3v) is 8.97. The molecule has 258 valence electrons. The minimum atomic E-state index is 0.384. The number of anilines is 6. The van der Waals surface area contributed by atoms with Crippen molar-refractivity contribution >= 4 is 34.1 Å². The molecule has 54 heavy (non-hydrogen) atoms. The van der Waals surface area contributed by atoms with E-state index in [1.165, 1.54) is 0 Å². The smallest absolute Gasteiger partial charge is 0.248 e. The van der Waals surface area contributed by atoms with Crippen molar-refractivity contribution in [2.75, 3.05) is 9.80 Å². The number of para-hydroxylation sites is 4. The van der Waals surface area contributed by atoms with Crippen LogP contribution in [0.4, 0.5) is 34.1 Å². The monoisotopic (exact) mass is 700 g/mol. The first-order chi connectivity index (χ1) is 26.8. The maximum absolute atomic E-state index is 6.26. The van der Waals surface area contributed by atoms with Gasteiger partial charge in [-0.3, -0.25) is 0 Å². The van der Waals surface area contributed by atoms with Crippen molar-refractivity contribution in [1.82, 2.24) is 20.4 Å². The number of aromatic nitrogens is 4. The molecule has 0 N–H and O–H groups in total. The molecule has 0 aliphatic heterocycles. The summed E-state index contributed by atoms with van der Waals surface area (Å²) in [6, 6.07) is 64.9. The van der Waals surface area contributed by atoms with Gasteiger partial charge in [0.2, 0.25) is 23.6 Å². The molecule has 0 spiro atoms. The maximum Gasteiger partial charge on any atom is 0.248 e. The summed E-state index contributed by atoms with van der Waals surface area (Å²) >= 11 is 0. The van der Waals surface area contributed by atoms with Crippen LogP contribution >= 0.6 is 0 Å². The number of benzene rings is 7. The van der Waals surface area contributed by atoms with E-state index in [9.17, 15) is 0 Å². The number of nitrogens with zero attached hydrogens (tertiary/aromatic N) is 6. The molecule has 0 saturated heterocycles. The zero-order valence-electron chi connectivity index (χ0n) is 29.0. The van der Waals surface area contributed by atoms with Crippen LogP contribution in [0.1, 0.15) is 0 Å². The second-order valence-electron chi connectivity index (χ2n) is 12.5. The molecule has 0 fully saturated rings. The van der Waals surface area contributed by atoms with Gasteiger partial charge in [0.1, 0.15) is 0 Å². The van der Waals surface area contributed by atoms with E-state index >= 15 is 0 Å². The molecule has 0 radical (unpaired) electrons. The summed E-state index contributed by atoms with van der Waals surface area (Å²) in [5.74, 6) is 1.60. The molecule has 9 aromatic rings. The lowest BCUT2D eigenvalue weighted by molar-refractivity contribution is 0.582. The van der Waals surface area contributed by atoms with Crippen molar-refractivity contribution in [3.05, 3.63) is 194 Å². The maximum atomic E-state index is 6.26. The first kappa shape index (κ1) is 32.3. The minimum absolute atomic E-state index is 0.384. The van der Waals surface area contributed by atoms with E-state index in [2.05, 4.69) is 103 Å². The van der Waals surface area contributed by atoms with Gasteiger partial charge in [0.05, 0.1) is 0 Å². The molecular weight excluding hydrogens is 669 g/mol. The second-order valence-corrected chi connectivity index (χ2v) is 12.5. The molecule has 2 aromatic heterocycles. The molecule has 0 atom stereocenters. The number of rotatable bonds is 10. The largest absolute Gasteiger partial charge is 0.416 e. The van der Waals surface area contributed by atoms with Crippen LogP contribution in [0, 0.1) is 0 Å². The first-order valence-corrected chi connectivity index (χ1v) is 17.6. The van der Waals surface area contributed by atoms with Crippen LogP contribution in [0.3, 0.4) is 0 Å². The quantitative estimate of drug-likeness (QED) is 0.139. The standard InChI is InChI=1S/C46H32N6O2/c1-5-20-37(21-6-1)51(38-22-7-2-8-23-38)41-28-14-18-35(31-41)45-49-47-43(53-45)33-16-13-17-34(30-33)44-48-50-46(54-44)36-19-15-29-42(32-36)52(39-24-9-3-10-25-39)40-26-11-4-12-27-40/h1-32H. The Hall–Kier alpha value is -7.58. The van der Waals surface area contributed by atoms with Crippen LogP contribution < -0.4 is 9.80 Å². The Morgan fingerprint density at radius 2 is 0.519 bits per heavy atom. The summed E-state index contributed by atoms with van der Waals surface area (Å²) in [4.78, 5) is 4.39. The van der Waals surface area contributed by atoms with E-state index in [-0.39, 0.29) is 0 Å². The van der Waals surface area contributed by atoms with Gasteiger partial charge in [-0.15, -0.1) is 20.4 Å². The van der Waals surface area contributed by atoms with Gasteiger partial charge in [-0.25, -0.2) is 0 Å². The van der Waals surface area contributed by atoms with Gasteiger partial charge >= 0.3 is 0 Å². The molecule has 7 aromatic carbocycles. The van der Waals surface area contributed by atoms with E-state index < -0.39 is 0 Å². The Balaban J connectivity index is 0.986. The van der Waals surface area contributed by atoms with Gasteiger partial charge in [-0.1, -0.05) is 91.0 Å². The third kappa shape index (κ3) is 6.63. The molecule has 0 amide bonds. The molecular formula is C46H32N6O2. The van der Waals surface area contributed by atoms with E-state index in [4.69, 9.17) is 8.83 Å². The molecule has 0 aliphatic carbocycles. The highest BCUT2D eigenvalue weighted by atomic mass is 16.4. The Morgan fingerprint density at radius 1 is 0.259 bits per heavy atom. The molecule has 0 saturated carbocycles. The third-order valence-electron chi connectivity index (χ3n) is 8.97. The highest BCUT2D eigenvalue weighted by Crippen LogP contribution is 2.38. The fourth-order valence-electron chi connectivity index (χ4n) is 6.46. The van der Waals surface area contributed by atoms with Gasteiger partial charge in [-0.2, -0.15) is 0 Å². The lowest BCUT2D eigenvalue weighted by atomic mass is 10.1. The topological polar surface area (TPSA) is 84.3 Å². The summed E-state index contributed by atoms with van der Waals surface area (Å²) in [5, 5.41) is 17.7. The van der Waals surface area contributed by atoms with E-state index in [0.29, 0.717) is 23.6 Å². The van der Waals surface area contributed by atoms with Crippen molar-refractivity contribution in [1.29, 1.82) is 0 Å². The van der Waals surface area contributed by atoms with Crippen LogP contribution in [-0.4, -0.2) is 20.4 Å². The van der Waals surface area contributed by atoms with E-state index in [0.717, 1.165) is 56.4 Å². The van der Waals surface area contributed by atoms with Gasteiger partial charge in [0.25, 0.3) is 0 Å². The zero-order chi connectivity index (χ0) is 36.1. The van der Waals surface area contributed by atoms with E-state index in [1.54, 1.807) is 0 Å².